The first-order valence-corrected chi connectivity index (χ1v) is 7.14. The number of hydrogen-bond donors (Lipinski definition) is 1. The molecule has 0 spiro atoms. The van der Waals surface area contributed by atoms with Crippen molar-refractivity contribution in [1.82, 2.24) is 9.80 Å². The molecule has 0 radical (unpaired) electrons. The van der Waals surface area contributed by atoms with Crippen molar-refractivity contribution in [3.05, 3.63) is 0 Å². The molecule has 2 rings (SSSR count). The highest BCUT2D eigenvalue weighted by Crippen LogP contribution is 2.42. The van der Waals surface area contributed by atoms with Gasteiger partial charge < -0.3 is 10.6 Å². The highest BCUT2D eigenvalue weighted by Gasteiger charge is 2.36. The van der Waals surface area contributed by atoms with Crippen LogP contribution in [0.2, 0.25) is 0 Å². The molecule has 19 heavy (non-hydrogen) atoms. The Balaban J connectivity index is 1.66. The molecule has 2 aliphatic rings. The monoisotopic (exact) mass is 279 g/mol. The molecule has 0 bridgehead atoms. The lowest BCUT2D eigenvalue weighted by molar-refractivity contribution is -0.149. The smallest absolute Gasteiger partial charge is 0.330 e. The van der Waals surface area contributed by atoms with Crippen LogP contribution in [-0.4, -0.2) is 61.8 Å². The molecule has 2 N–H and O–H groups in total. The van der Waals surface area contributed by atoms with E-state index < -0.39 is 12.7 Å². The quantitative estimate of drug-likeness (QED) is 0.831. The zero-order valence-corrected chi connectivity index (χ0v) is 11.4. The van der Waals surface area contributed by atoms with Gasteiger partial charge in [0.05, 0.1) is 6.54 Å². The summed E-state index contributed by atoms with van der Waals surface area (Å²) in [5, 5.41) is 0. The third kappa shape index (κ3) is 4.33. The van der Waals surface area contributed by atoms with E-state index in [1.165, 1.54) is 24.2 Å². The van der Waals surface area contributed by atoms with Crippen LogP contribution in [0.3, 0.4) is 0 Å². The van der Waals surface area contributed by atoms with Crippen molar-refractivity contribution in [1.29, 1.82) is 0 Å². The van der Waals surface area contributed by atoms with Crippen molar-refractivity contribution in [3.63, 3.8) is 0 Å². The average Bonchev–Trinajstić information content (AvgIpc) is 2.28. The lowest BCUT2D eigenvalue weighted by Crippen LogP contribution is -2.50. The molecule has 0 atom stereocenters. The fourth-order valence-corrected chi connectivity index (χ4v) is 3.05. The van der Waals surface area contributed by atoms with Crippen LogP contribution >= 0.6 is 0 Å². The van der Waals surface area contributed by atoms with Gasteiger partial charge in [-0.05, 0) is 37.8 Å². The standard InChI is InChI=1S/C13H24F3N3/c14-13(15,16)11-19-8-6-18(7-9-19)5-4-12(10-17)2-1-3-12/h1-11,17H2. The molecule has 112 valence electrons. The van der Waals surface area contributed by atoms with Crippen LogP contribution in [0.25, 0.3) is 0 Å². The van der Waals surface area contributed by atoms with Crippen LogP contribution in [-0.2, 0) is 0 Å². The van der Waals surface area contributed by atoms with Crippen molar-refractivity contribution in [2.24, 2.45) is 11.1 Å². The molecule has 0 amide bonds. The van der Waals surface area contributed by atoms with Crippen molar-refractivity contribution < 1.29 is 13.2 Å². The van der Waals surface area contributed by atoms with E-state index in [4.69, 9.17) is 5.73 Å². The number of nitrogens with zero attached hydrogens (tertiary/aromatic N) is 2. The van der Waals surface area contributed by atoms with Crippen LogP contribution in [0, 0.1) is 5.41 Å². The Labute approximate surface area is 112 Å². The molecule has 1 heterocycles. The van der Waals surface area contributed by atoms with E-state index >= 15 is 0 Å². The summed E-state index contributed by atoms with van der Waals surface area (Å²) in [6.07, 6.45) is 0.742. The Bertz CT molecular complexity index is 276. The molecule has 1 saturated heterocycles. The van der Waals surface area contributed by atoms with Gasteiger partial charge in [0, 0.05) is 26.2 Å². The third-order valence-corrected chi connectivity index (χ3v) is 4.67. The first-order chi connectivity index (χ1) is 8.92. The topological polar surface area (TPSA) is 32.5 Å². The van der Waals surface area contributed by atoms with Gasteiger partial charge >= 0.3 is 6.18 Å². The second kappa shape index (κ2) is 5.97. The van der Waals surface area contributed by atoms with E-state index in [0.29, 0.717) is 18.5 Å². The zero-order valence-electron chi connectivity index (χ0n) is 11.4. The van der Waals surface area contributed by atoms with Crippen molar-refractivity contribution in [2.75, 3.05) is 45.8 Å². The van der Waals surface area contributed by atoms with Gasteiger partial charge in [-0.1, -0.05) is 6.42 Å². The van der Waals surface area contributed by atoms with Crippen molar-refractivity contribution in [3.8, 4) is 0 Å². The normalized spacial score (nSPS) is 25.3. The van der Waals surface area contributed by atoms with Crippen LogP contribution in [0.4, 0.5) is 13.2 Å². The minimum absolute atomic E-state index is 0.336. The largest absolute Gasteiger partial charge is 0.401 e. The van der Waals surface area contributed by atoms with Gasteiger partial charge in [0.1, 0.15) is 0 Å². The molecule has 3 nitrogen and oxygen atoms in total. The molecule has 1 aliphatic carbocycles. The fraction of sp³-hybridized carbons (Fsp3) is 1.00. The fourth-order valence-electron chi connectivity index (χ4n) is 3.05. The lowest BCUT2D eigenvalue weighted by Gasteiger charge is -2.43. The molecule has 0 aromatic rings. The Kier molecular flexibility index (Phi) is 4.74. The molecular weight excluding hydrogens is 255 g/mol. The molecule has 0 aromatic carbocycles. The molecular formula is C13H24F3N3. The molecule has 6 heteroatoms. The molecule has 1 aliphatic heterocycles. The molecule has 0 unspecified atom stereocenters. The minimum Gasteiger partial charge on any atom is -0.330 e. The number of hydrogen-bond acceptors (Lipinski definition) is 3. The Morgan fingerprint density at radius 3 is 2.00 bits per heavy atom. The van der Waals surface area contributed by atoms with E-state index in [1.54, 1.807) is 0 Å². The summed E-state index contributed by atoms with van der Waals surface area (Å²) in [5.74, 6) is 0. The summed E-state index contributed by atoms with van der Waals surface area (Å²) < 4.78 is 36.8. The van der Waals surface area contributed by atoms with E-state index in [-0.39, 0.29) is 0 Å². The Hall–Kier alpha value is -0.330. The Morgan fingerprint density at radius 1 is 1.00 bits per heavy atom. The molecule has 2 fully saturated rings. The maximum atomic E-state index is 12.3. The lowest BCUT2D eigenvalue weighted by atomic mass is 9.66. The maximum absolute atomic E-state index is 12.3. The maximum Gasteiger partial charge on any atom is 0.401 e. The van der Waals surface area contributed by atoms with Gasteiger partial charge in [-0.25, -0.2) is 0 Å². The zero-order chi connectivity index (χ0) is 13.9. The third-order valence-electron chi connectivity index (χ3n) is 4.67. The second-order valence-corrected chi connectivity index (χ2v) is 6.04. The van der Waals surface area contributed by atoms with Gasteiger partial charge in [-0.3, -0.25) is 4.90 Å². The van der Waals surface area contributed by atoms with Crippen molar-refractivity contribution in [2.45, 2.75) is 31.9 Å². The van der Waals surface area contributed by atoms with E-state index in [0.717, 1.165) is 32.6 Å². The number of piperazine rings is 1. The predicted molar refractivity (Wildman–Crippen MR) is 68.9 cm³/mol. The van der Waals surface area contributed by atoms with Gasteiger partial charge in [0.25, 0.3) is 0 Å². The summed E-state index contributed by atoms with van der Waals surface area (Å²) in [6.45, 7) is 3.50. The van der Waals surface area contributed by atoms with E-state index in [2.05, 4.69) is 4.90 Å². The molecule has 0 aromatic heterocycles. The number of alkyl halides is 3. The number of rotatable bonds is 5. The van der Waals surface area contributed by atoms with Gasteiger partial charge in [-0.15, -0.1) is 0 Å². The summed E-state index contributed by atoms with van der Waals surface area (Å²) in [7, 11) is 0. The van der Waals surface area contributed by atoms with E-state index in [1.807, 2.05) is 0 Å². The van der Waals surface area contributed by atoms with Crippen LogP contribution in [0.5, 0.6) is 0 Å². The van der Waals surface area contributed by atoms with Crippen LogP contribution < -0.4 is 5.73 Å². The average molecular weight is 279 g/mol. The first kappa shape index (κ1) is 15.1. The number of nitrogens with two attached hydrogens (primary N) is 1. The minimum atomic E-state index is -4.07. The van der Waals surface area contributed by atoms with Crippen molar-refractivity contribution >= 4 is 0 Å². The first-order valence-electron chi connectivity index (χ1n) is 7.14. The van der Waals surface area contributed by atoms with Crippen LogP contribution in [0.1, 0.15) is 25.7 Å². The van der Waals surface area contributed by atoms with Gasteiger partial charge in [0.15, 0.2) is 0 Å². The van der Waals surface area contributed by atoms with Crippen LogP contribution in [0.15, 0.2) is 0 Å². The number of halogens is 3. The summed E-state index contributed by atoms with van der Waals surface area (Å²) in [4.78, 5) is 3.78. The highest BCUT2D eigenvalue weighted by molar-refractivity contribution is 4.89. The second-order valence-electron chi connectivity index (χ2n) is 6.04. The Morgan fingerprint density at radius 2 is 1.58 bits per heavy atom. The highest BCUT2D eigenvalue weighted by atomic mass is 19.4. The van der Waals surface area contributed by atoms with E-state index in [9.17, 15) is 13.2 Å². The van der Waals surface area contributed by atoms with Gasteiger partial charge in [-0.2, -0.15) is 13.2 Å². The SMILES string of the molecule is NCC1(CCN2CCN(CC(F)(F)F)CC2)CCC1. The summed E-state index contributed by atoms with van der Waals surface area (Å²) >= 11 is 0. The molecule has 1 saturated carbocycles. The summed E-state index contributed by atoms with van der Waals surface area (Å²) in [5.41, 5.74) is 6.16. The summed E-state index contributed by atoms with van der Waals surface area (Å²) in [6, 6.07) is 0. The predicted octanol–water partition coefficient (Wildman–Crippen LogP) is 1.69. The van der Waals surface area contributed by atoms with Gasteiger partial charge in [0.2, 0.25) is 0 Å².